The minimum Gasteiger partial charge on any atom is -0.342 e. The molecule has 42 valence electrons. The molecule has 0 aliphatic rings. The van der Waals surface area contributed by atoms with Crippen molar-refractivity contribution in [1.29, 1.82) is 0 Å². The third kappa shape index (κ3) is 95.0. The fraction of sp³-hybridized carbons (Fsp3) is 0.750. The molecule has 0 unspecified atom stereocenters. The van der Waals surface area contributed by atoms with Gasteiger partial charge in [-0.25, -0.2) is 0 Å². The van der Waals surface area contributed by atoms with Crippen molar-refractivity contribution < 1.29 is 20.4 Å². The molecule has 0 atom stereocenters. The molecule has 0 bridgehead atoms. The first-order chi connectivity index (χ1) is 2.00. The molecule has 0 spiro atoms. The molecule has 0 rings (SSSR count). The molecular formula is C4H11PdSi-. The van der Waals surface area contributed by atoms with Crippen LogP contribution in [-0.4, -0.2) is 8.07 Å². The van der Waals surface area contributed by atoms with Gasteiger partial charge in [-0.15, -0.1) is 8.07 Å². The van der Waals surface area contributed by atoms with Gasteiger partial charge in [-0.2, -0.15) is 0 Å². The van der Waals surface area contributed by atoms with Crippen LogP contribution in [0, 0.1) is 6.55 Å². The van der Waals surface area contributed by atoms with Gasteiger partial charge in [-0.3, -0.25) is 0 Å². The third-order valence-corrected chi connectivity index (χ3v) is 0. The molecule has 0 aromatic carbocycles. The Hall–Kier alpha value is 0.879. The summed E-state index contributed by atoms with van der Waals surface area (Å²) in [5, 5.41) is 0. The molecule has 0 aromatic rings. The number of hydrogen-bond acceptors (Lipinski definition) is 0. The van der Waals surface area contributed by atoms with Gasteiger partial charge in [-0.1, -0.05) is 19.6 Å². The van der Waals surface area contributed by atoms with Crippen LogP contribution in [0.1, 0.15) is 0 Å². The number of hydrogen-bond donors (Lipinski definition) is 0. The molecule has 6 heavy (non-hydrogen) atoms. The zero-order valence-electron chi connectivity index (χ0n) is 4.52. The molecule has 0 aliphatic heterocycles. The maximum atomic E-state index is 3.91. The molecule has 0 N–H and O–H groups in total. The molecular weight excluding hydrogens is 183 g/mol. The Kier molecular flexibility index (Phi) is 4.92. The summed E-state index contributed by atoms with van der Waals surface area (Å²) in [6.45, 7) is 10.6. The van der Waals surface area contributed by atoms with Gasteiger partial charge in [0.25, 0.3) is 0 Å². The van der Waals surface area contributed by atoms with E-state index in [9.17, 15) is 0 Å². The molecule has 0 radical (unpaired) electrons. The molecule has 2 heteroatoms. The van der Waals surface area contributed by atoms with E-state index in [1.54, 1.807) is 0 Å². The van der Waals surface area contributed by atoms with E-state index in [0.29, 0.717) is 0 Å². The van der Waals surface area contributed by atoms with Crippen molar-refractivity contribution in [2.45, 2.75) is 19.6 Å². The summed E-state index contributed by atoms with van der Waals surface area (Å²) >= 11 is 0. The predicted octanol–water partition coefficient (Wildman–Crippen LogP) is 1.70. The average molecular weight is 194 g/mol. The van der Waals surface area contributed by atoms with Crippen LogP contribution in [0.3, 0.4) is 0 Å². The van der Waals surface area contributed by atoms with Crippen molar-refractivity contribution in [1.82, 2.24) is 0 Å². The Bertz CT molecular complexity index is 23.0. The van der Waals surface area contributed by atoms with Gasteiger partial charge in [0.2, 0.25) is 0 Å². The molecule has 0 amide bonds. The summed E-state index contributed by atoms with van der Waals surface area (Å²) in [5.41, 5.74) is 0. The Morgan fingerprint density at radius 2 is 1.17 bits per heavy atom. The molecule has 0 saturated heterocycles. The van der Waals surface area contributed by atoms with Crippen LogP contribution in [0.25, 0.3) is 0 Å². The van der Waals surface area contributed by atoms with Crippen LogP contribution >= 0.6 is 0 Å². The molecule has 0 fully saturated rings. The van der Waals surface area contributed by atoms with E-state index in [-0.39, 0.29) is 20.4 Å². The Morgan fingerprint density at radius 3 is 1.17 bits per heavy atom. The van der Waals surface area contributed by atoms with Gasteiger partial charge >= 0.3 is 0 Å². The van der Waals surface area contributed by atoms with E-state index in [1.165, 1.54) is 0 Å². The fourth-order valence-electron chi connectivity index (χ4n) is 0. The van der Waals surface area contributed by atoms with E-state index < -0.39 is 8.07 Å². The summed E-state index contributed by atoms with van der Waals surface area (Å²) in [7, 11) is -0.861. The predicted molar refractivity (Wildman–Crippen MR) is 28.7 cm³/mol. The smallest absolute Gasteiger partial charge is 0 e. The Morgan fingerprint density at radius 1 is 1.17 bits per heavy atom. The topological polar surface area (TPSA) is 0 Å². The van der Waals surface area contributed by atoms with E-state index in [2.05, 4.69) is 26.2 Å². The first-order valence-corrected chi connectivity index (χ1v) is 5.56. The van der Waals surface area contributed by atoms with Crippen LogP contribution in [0.2, 0.25) is 19.6 Å². The minimum absolute atomic E-state index is 0. The van der Waals surface area contributed by atoms with Gasteiger partial charge in [0, 0.05) is 20.4 Å². The van der Waals surface area contributed by atoms with Gasteiger partial charge < -0.3 is 6.55 Å². The largest absolute Gasteiger partial charge is 0.342 e. The SMILES string of the molecule is [CH2-][Si](C)(C)C.[Pd]. The summed E-state index contributed by atoms with van der Waals surface area (Å²) in [6, 6.07) is 0. The van der Waals surface area contributed by atoms with Crippen LogP contribution < -0.4 is 0 Å². The van der Waals surface area contributed by atoms with E-state index in [0.717, 1.165) is 0 Å². The van der Waals surface area contributed by atoms with Gasteiger partial charge in [0.15, 0.2) is 0 Å². The van der Waals surface area contributed by atoms with E-state index in [4.69, 9.17) is 0 Å². The van der Waals surface area contributed by atoms with Crippen molar-refractivity contribution in [2.75, 3.05) is 0 Å². The van der Waals surface area contributed by atoms with Crippen LogP contribution in [0.15, 0.2) is 0 Å². The Balaban J connectivity index is 0. The van der Waals surface area contributed by atoms with E-state index >= 15 is 0 Å². The van der Waals surface area contributed by atoms with Crippen molar-refractivity contribution in [3.05, 3.63) is 6.55 Å². The van der Waals surface area contributed by atoms with E-state index in [1.807, 2.05) is 0 Å². The summed E-state index contributed by atoms with van der Waals surface area (Å²) < 4.78 is 0. The quantitative estimate of drug-likeness (QED) is 0.406. The monoisotopic (exact) mass is 193 g/mol. The average Bonchev–Trinajstić information content (AvgIpc) is 0.722. The first kappa shape index (κ1) is 9.99. The maximum absolute atomic E-state index is 3.91. The summed E-state index contributed by atoms with van der Waals surface area (Å²) in [4.78, 5) is 0. The third-order valence-electron chi connectivity index (χ3n) is 0. The van der Waals surface area contributed by atoms with Gasteiger partial charge in [0.05, 0.1) is 0 Å². The van der Waals surface area contributed by atoms with Crippen LogP contribution in [-0.2, 0) is 20.4 Å². The first-order valence-electron chi connectivity index (χ1n) is 1.85. The van der Waals surface area contributed by atoms with Crippen LogP contribution in [0.5, 0.6) is 0 Å². The second-order valence-electron chi connectivity index (χ2n) is 2.56. The van der Waals surface area contributed by atoms with Gasteiger partial charge in [0.1, 0.15) is 0 Å². The number of rotatable bonds is 0. The zero-order valence-corrected chi connectivity index (χ0v) is 7.08. The minimum atomic E-state index is -0.861. The fourth-order valence-corrected chi connectivity index (χ4v) is 0. The molecule has 0 aliphatic carbocycles. The standard InChI is InChI=1S/C4H11Si.Pd/c1-5(2,3)4;/h1H2,2-4H3;/q-1;. The zero-order chi connectivity index (χ0) is 4.50. The van der Waals surface area contributed by atoms with Crippen molar-refractivity contribution in [2.24, 2.45) is 0 Å². The van der Waals surface area contributed by atoms with Crippen molar-refractivity contribution in [3.63, 3.8) is 0 Å². The molecule has 0 saturated carbocycles. The summed E-state index contributed by atoms with van der Waals surface area (Å²) in [5.74, 6) is 0. The van der Waals surface area contributed by atoms with Crippen molar-refractivity contribution in [3.8, 4) is 0 Å². The normalized spacial score (nSPS) is 10.0. The Labute approximate surface area is 55.0 Å². The summed E-state index contributed by atoms with van der Waals surface area (Å²) in [6.07, 6.45) is 0. The van der Waals surface area contributed by atoms with Gasteiger partial charge in [-0.05, 0) is 0 Å². The maximum Gasteiger partial charge on any atom is 0 e. The second-order valence-corrected chi connectivity index (χ2v) is 7.68. The molecule has 0 heterocycles. The van der Waals surface area contributed by atoms with Crippen LogP contribution in [0.4, 0.5) is 0 Å². The molecule has 0 aromatic heterocycles. The molecule has 0 nitrogen and oxygen atoms in total. The van der Waals surface area contributed by atoms with Crippen molar-refractivity contribution >= 4 is 8.07 Å². The second kappa shape index (κ2) is 2.96.